The maximum Gasteiger partial charge on any atom is 0.264 e. The van der Waals surface area contributed by atoms with Gasteiger partial charge in [0, 0.05) is 24.7 Å². The lowest BCUT2D eigenvalue weighted by Gasteiger charge is -2.09. The average Bonchev–Trinajstić information content (AvgIpc) is 2.72. The highest BCUT2D eigenvalue weighted by atomic mass is 32.2. The van der Waals surface area contributed by atoms with Gasteiger partial charge in [-0.3, -0.25) is 14.0 Å². The van der Waals surface area contributed by atoms with Crippen LogP contribution in [0, 0.1) is 0 Å². The molecule has 0 amide bonds. The zero-order valence-electron chi connectivity index (χ0n) is 10.2. The van der Waals surface area contributed by atoms with Gasteiger partial charge < -0.3 is 4.57 Å². The van der Waals surface area contributed by atoms with Crippen LogP contribution in [0.4, 0.5) is 0 Å². The fourth-order valence-corrected chi connectivity index (χ4v) is 2.84. The second kappa shape index (κ2) is 4.14. The van der Waals surface area contributed by atoms with Crippen LogP contribution in [0.15, 0.2) is 29.2 Å². The molecule has 2 aromatic rings. The van der Waals surface area contributed by atoms with Crippen LogP contribution in [0.25, 0.3) is 11.0 Å². The lowest BCUT2D eigenvalue weighted by Crippen LogP contribution is -2.19. The molecule has 7 heteroatoms. The monoisotopic (exact) mass is 280 g/mol. The summed E-state index contributed by atoms with van der Waals surface area (Å²) in [4.78, 5) is 16.0. The summed E-state index contributed by atoms with van der Waals surface area (Å²) >= 11 is 0. The summed E-state index contributed by atoms with van der Waals surface area (Å²) in [6.45, 7) is 0.464. The van der Waals surface area contributed by atoms with Gasteiger partial charge in [0.1, 0.15) is 0 Å². The van der Waals surface area contributed by atoms with E-state index in [1.54, 1.807) is 16.8 Å². The highest BCUT2D eigenvalue weighted by molar-refractivity contribution is 7.85. The molecule has 0 aliphatic carbocycles. The van der Waals surface area contributed by atoms with Crippen molar-refractivity contribution in [2.24, 2.45) is 0 Å². The summed E-state index contributed by atoms with van der Waals surface area (Å²) in [6.07, 6.45) is 2.68. The number of aromatic nitrogens is 2. The zero-order chi connectivity index (χ0) is 13.6. The van der Waals surface area contributed by atoms with Crippen molar-refractivity contribution in [3.8, 4) is 0 Å². The van der Waals surface area contributed by atoms with E-state index in [1.165, 1.54) is 6.07 Å². The van der Waals surface area contributed by atoms with Gasteiger partial charge in [-0.05, 0) is 17.7 Å². The fourth-order valence-electron chi connectivity index (χ4n) is 2.43. The van der Waals surface area contributed by atoms with E-state index in [0.29, 0.717) is 6.54 Å². The number of hydrogen-bond acceptors (Lipinski definition) is 5. The van der Waals surface area contributed by atoms with Gasteiger partial charge in [0.05, 0.1) is 23.9 Å². The molecule has 1 unspecified atom stereocenters. The largest absolute Gasteiger partial charge is 0.306 e. The summed E-state index contributed by atoms with van der Waals surface area (Å²) in [5, 5.41) is 0. The molecule has 0 fully saturated rings. The molecule has 0 radical (unpaired) electrons. The Bertz CT molecular complexity index is 810. The van der Waals surface area contributed by atoms with Gasteiger partial charge in [-0.1, -0.05) is 0 Å². The molecule has 1 aliphatic heterocycles. The second-order valence-electron chi connectivity index (χ2n) is 4.60. The maximum absolute atomic E-state index is 11.8. The molecule has 100 valence electrons. The van der Waals surface area contributed by atoms with E-state index < -0.39 is 10.1 Å². The molecular weight excluding hydrogens is 268 g/mol. The minimum absolute atomic E-state index is 0.0407. The first-order chi connectivity index (χ1) is 8.96. The smallest absolute Gasteiger partial charge is 0.264 e. The third-order valence-corrected chi connectivity index (χ3v) is 3.79. The predicted molar refractivity (Wildman–Crippen MR) is 69.5 cm³/mol. The Kier molecular flexibility index (Phi) is 2.68. The number of nitrogens with zero attached hydrogens (tertiary/aromatic N) is 2. The van der Waals surface area contributed by atoms with Gasteiger partial charge in [0.25, 0.3) is 15.7 Å². The molecule has 0 aromatic carbocycles. The Morgan fingerprint density at radius 1 is 1.42 bits per heavy atom. The van der Waals surface area contributed by atoms with Gasteiger partial charge in [-0.25, -0.2) is 0 Å². The Morgan fingerprint density at radius 3 is 2.95 bits per heavy atom. The molecule has 3 rings (SSSR count). The topological polar surface area (TPSA) is 78.3 Å². The third-order valence-electron chi connectivity index (χ3n) is 3.23. The Labute approximate surface area is 109 Å². The Hall–Kier alpha value is -1.73. The van der Waals surface area contributed by atoms with Crippen LogP contribution in [0.3, 0.4) is 0 Å². The number of hydrogen-bond donors (Lipinski definition) is 0. The first-order valence-electron chi connectivity index (χ1n) is 5.78. The molecular formula is C12H12N2O4S. The zero-order valence-corrected chi connectivity index (χ0v) is 11.1. The van der Waals surface area contributed by atoms with Crippen LogP contribution >= 0.6 is 0 Å². The van der Waals surface area contributed by atoms with Crippen molar-refractivity contribution in [3.05, 3.63) is 40.3 Å². The molecule has 2 aromatic heterocycles. The molecule has 1 atom stereocenters. The molecule has 3 heterocycles. The quantitative estimate of drug-likeness (QED) is 0.764. The standard InChI is InChI=1S/C12H12N2O4S/c1-19(16,17)18-7-8-6-14-11(15)3-2-10-12(14)9(8)4-5-13-10/h2-5,8H,6-7H2,1H3. The van der Waals surface area contributed by atoms with Crippen LogP contribution in [0.5, 0.6) is 0 Å². The first kappa shape index (κ1) is 12.3. The molecule has 19 heavy (non-hydrogen) atoms. The second-order valence-corrected chi connectivity index (χ2v) is 6.25. The Morgan fingerprint density at radius 2 is 2.21 bits per heavy atom. The first-order valence-corrected chi connectivity index (χ1v) is 7.60. The van der Waals surface area contributed by atoms with Crippen molar-refractivity contribution in [3.63, 3.8) is 0 Å². The SMILES string of the molecule is CS(=O)(=O)OCC1Cn2c(=O)ccc3nccc1c32. The van der Waals surface area contributed by atoms with Crippen molar-refractivity contribution >= 4 is 21.2 Å². The number of rotatable bonds is 3. The normalized spacial score (nSPS) is 18.1. The van der Waals surface area contributed by atoms with Crippen LogP contribution in [-0.2, 0) is 20.8 Å². The summed E-state index contributed by atoms with van der Waals surface area (Å²) in [6, 6.07) is 4.96. The molecule has 0 saturated carbocycles. The molecule has 1 aliphatic rings. The number of pyridine rings is 2. The van der Waals surface area contributed by atoms with Gasteiger partial charge in [-0.2, -0.15) is 8.42 Å². The van der Waals surface area contributed by atoms with Crippen molar-refractivity contribution in [2.75, 3.05) is 12.9 Å². The van der Waals surface area contributed by atoms with Crippen LogP contribution in [0.2, 0.25) is 0 Å². The van der Waals surface area contributed by atoms with E-state index in [0.717, 1.165) is 22.9 Å². The van der Waals surface area contributed by atoms with Gasteiger partial charge in [0.2, 0.25) is 0 Å². The van der Waals surface area contributed by atoms with E-state index in [-0.39, 0.29) is 18.1 Å². The molecule has 6 nitrogen and oxygen atoms in total. The van der Waals surface area contributed by atoms with Crippen molar-refractivity contribution < 1.29 is 12.6 Å². The summed E-state index contributed by atoms with van der Waals surface area (Å²) < 4.78 is 28.6. The highest BCUT2D eigenvalue weighted by Gasteiger charge is 2.26. The van der Waals surface area contributed by atoms with Crippen LogP contribution in [-0.4, -0.2) is 30.8 Å². The van der Waals surface area contributed by atoms with Crippen molar-refractivity contribution in [1.82, 2.24) is 9.55 Å². The Balaban J connectivity index is 2.06. The molecule has 0 bridgehead atoms. The van der Waals surface area contributed by atoms with Crippen molar-refractivity contribution in [1.29, 1.82) is 0 Å². The summed E-state index contributed by atoms with van der Waals surface area (Å²) in [5.41, 5.74) is 2.31. The van der Waals surface area contributed by atoms with E-state index in [9.17, 15) is 13.2 Å². The highest BCUT2D eigenvalue weighted by Crippen LogP contribution is 2.31. The predicted octanol–water partition coefficient (Wildman–Crippen LogP) is 0.470. The molecule has 0 spiro atoms. The van der Waals surface area contributed by atoms with E-state index in [4.69, 9.17) is 4.18 Å². The summed E-state index contributed by atoms with van der Waals surface area (Å²) in [5.74, 6) is -0.143. The molecule has 0 saturated heterocycles. The van der Waals surface area contributed by atoms with E-state index in [1.807, 2.05) is 6.07 Å². The minimum Gasteiger partial charge on any atom is -0.306 e. The van der Waals surface area contributed by atoms with Crippen LogP contribution in [0.1, 0.15) is 11.5 Å². The van der Waals surface area contributed by atoms with E-state index >= 15 is 0 Å². The third kappa shape index (κ3) is 2.15. The van der Waals surface area contributed by atoms with Gasteiger partial charge in [-0.15, -0.1) is 0 Å². The van der Waals surface area contributed by atoms with Crippen LogP contribution < -0.4 is 5.56 Å². The van der Waals surface area contributed by atoms with E-state index in [2.05, 4.69) is 4.98 Å². The van der Waals surface area contributed by atoms with Gasteiger partial charge >= 0.3 is 0 Å². The van der Waals surface area contributed by atoms with Crippen molar-refractivity contribution in [2.45, 2.75) is 12.5 Å². The average molecular weight is 280 g/mol. The lowest BCUT2D eigenvalue weighted by atomic mass is 10.0. The minimum atomic E-state index is -3.48. The lowest BCUT2D eigenvalue weighted by molar-refractivity contribution is 0.288. The fraction of sp³-hybridized carbons (Fsp3) is 0.333. The molecule has 0 N–H and O–H groups in total. The maximum atomic E-state index is 11.8. The summed E-state index contributed by atoms with van der Waals surface area (Å²) in [7, 11) is -3.48. The van der Waals surface area contributed by atoms with Gasteiger partial charge in [0.15, 0.2) is 0 Å².